The lowest BCUT2D eigenvalue weighted by atomic mass is 10.1. The summed E-state index contributed by atoms with van der Waals surface area (Å²) in [6.07, 6.45) is 3.32. The Morgan fingerprint density at radius 2 is 2.00 bits per heavy atom. The van der Waals surface area contributed by atoms with E-state index in [0.717, 1.165) is 25.8 Å². The molecule has 0 saturated heterocycles. The average Bonchev–Trinajstić information content (AvgIpc) is 2.23. The summed E-state index contributed by atoms with van der Waals surface area (Å²) >= 11 is 0. The van der Waals surface area contributed by atoms with Crippen molar-refractivity contribution in [2.24, 2.45) is 5.73 Å². The van der Waals surface area contributed by atoms with Crippen molar-refractivity contribution in [1.82, 2.24) is 10.2 Å². The molecule has 0 fully saturated rings. The maximum absolute atomic E-state index is 11.3. The van der Waals surface area contributed by atoms with Crippen LogP contribution in [0.15, 0.2) is 0 Å². The Bertz CT molecular complexity index is 197. The molecule has 2 atom stereocenters. The predicted octanol–water partition coefficient (Wildman–Crippen LogP) is 0.960. The van der Waals surface area contributed by atoms with Crippen LogP contribution in [0.5, 0.6) is 0 Å². The fourth-order valence-corrected chi connectivity index (χ4v) is 1.68. The largest absolute Gasteiger partial charge is 0.368 e. The lowest BCUT2D eigenvalue weighted by molar-refractivity contribution is -0.120. The van der Waals surface area contributed by atoms with Crippen LogP contribution in [0.2, 0.25) is 0 Å². The molecule has 0 aliphatic rings. The Labute approximate surface area is 99.6 Å². The minimum atomic E-state index is -0.260. The van der Waals surface area contributed by atoms with E-state index in [-0.39, 0.29) is 11.9 Å². The summed E-state index contributed by atoms with van der Waals surface area (Å²) in [6.45, 7) is 7.96. The lowest BCUT2D eigenvalue weighted by Gasteiger charge is -2.28. The molecule has 0 aliphatic heterocycles. The highest BCUT2D eigenvalue weighted by Crippen LogP contribution is 2.04. The van der Waals surface area contributed by atoms with E-state index in [1.165, 1.54) is 0 Å². The molecule has 3 N–H and O–H groups in total. The topological polar surface area (TPSA) is 58.4 Å². The fraction of sp³-hybridized carbons (Fsp3) is 0.917. The molecule has 0 radical (unpaired) electrons. The Balaban J connectivity index is 4.11. The molecule has 0 aromatic rings. The number of nitrogens with one attached hydrogen (secondary N) is 1. The van der Waals surface area contributed by atoms with Crippen LogP contribution >= 0.6 is 0 Å². The molecule has 0 bridgehead atoms. The van der Waals surface area contributed by atoms with Crippen molar-refractivity contribution < 1.29 is 4.79 Å². The van der Waals surface area contributed by atoms with Crippen LogP contribution in [0.1, 0.15) is 40.0 Å². The zero-order valence-electron chi connectivity index (χ0n) is 11.1. The predicted molar refractivity (Wildman–Crippen MR) is 68.3 cm³/mol. The molecule has 0 aromatic carbocycles. The van der Waals surface area contributed by atoms with Crippen molar-refractivity contribution >= 4 is 5.91 Å². The number of carbonyl (C=O) groups excluding carboxylic acids is 1. The van der Waals surface area contributed by atoms with Gasteiger partial charge in [0.15, 0.2) is 0 Å². The van der Waals surface area contributed by atoms with Crippen LogP contribution in [-0.4, -0.2) is 43.0 Å². The summed E-state index contributed by atoms with van der Waals surface area (Å²) in [5.74, 6) is -0.260. The quantitative estimate of drug-likeness (QED) is 0.619. The van der Waals surface area contributed by atoms with Crippen molar-refractivity contribution in [2.75, 3.05) is 20.1 Å². The molecule has 0 aromatic heterocycles. The minimum absolute atomic E-state index is 0.232. The summed E-state index contributed by atoms with van der Waals surface area (Å²) in [6, 6.07) is 0.263. The Morgan fingerprint density at radius 1 is 1.38 bits per heavy atom. The molecule has 0 rings (SSSR count). The first-order valence-corrected chi connectivity index (χ1v) is 6.25. The number of nitrogens with two attached hydrogens (primary N) is 1. The van der Waals surface area contributed by atoms with Gasteiger partial charge in [-0.1, -0.05) is 20.3 Å². The number of hydrogen-bond acceptors (Lipinski definition) is 3. The SMILES string of the molecule is CCCNC(CN(C)C(C)CCC)C(N)=O. The summed E-state index contributed by atoms with van der Waals surface area (Å²) < 4.78 is 0. The van der Waals surface area contributed by atoms with Crippen molar-refractivity contribution in [3.63, 3.8) is 0 Å². The lowest BCUT2D eigenvalue weighted by Crippen LogP contribution is -2.50. The third-order valence-electron chi connectivity index (χ3n) is 2.91. The van der Waals surface area contributed by atoms with Crippen molar-refractivity contribution in [3.05, 3.63) is 0 Å². The molecule has 4 nitrogen and oxygen atoms in total. The normalized spacial score (nSPS) is 15.1. The molecule has 96 valence electrons. The summed E-state index contributed by atoms with van der Waals surface area (Å²) in [4.78, 5) is 13.5. The zero-order valence-corrected chi connectivity index (χ0v) is 11.1. The van der Waals surface area contributed by atoms with E-state index in [9.17, 15) is 4.79 Å². The van der Waals surface area contributed by atoms with Crippen LogP contribution in [0, 0.1) is 0 Å². The van der Waals surface area contributed by atoms with Crippen LogP contribution < -0.4 is 11.1 Å². The van der Waals surface area contributed by atoms with E-state index in [2.05, 4.69) is 31.0 Å². The average molecular weight is 229 g/mol. The van der Waals surface area contributed by atoms with Crippen LogP contribution in [-0.2, 0) is 4.79 Å². The smallest absolute Gasteiger partial charge is 0.235 e. The first-order valence-electron chi connectivity index (χ1n) is 6.25. The van der Waals surface area contributed by atoms with E-state index in [1.807, 2.05) is 7.05 Å². The number of likely N-dealkylation sites (N-methyl/N-ethyl adjacent to an activating group) is 1. The Hall–Kier alpha value is -0.610. The second-order valence-electron chi connectivity index (χ2n) is 4.49. The van der Waals surface area contributed by atoms with Gasteiger partial charge in [-0.05, 0) is 33.4 Å². The monoisotopic (exact) mass is 229 g/mol. The third-order valence-corrected chi connectivity index (χ3v) is 2.91. The van der Waals surface area contributed by atoms with Crippen LogP contribution in [0.4, 0.5) is 0 Å². The third kappa shape index (κ3) is 6.08. The minimum Gasteiger partial charge on any atom is -0.368 e. The van der Waals surface area contributed by atoms with Gasteiger partial charge in [-0.2, -0.15) is 0 Å². The highest BCUT2D eigenvalue weighted by atomic mass is 16.1. The Kier molecular flexibility index (Phi) is 8.21. The molecule has 0 spiro atoms. The van der Waals surface area contributed by atoms with Gasteiger partial charge in [0, 0.05) is 12.6 Å². The van der Waals surface area contributed by atoms with E-state index < -0.39 is 0 Å². The van der Waals surface area contributed by atoms with Gasteiger partial charge in [0.2, 0.25) is 5.91 Å². The standard InChI is InChI=1S/C12H27N3O/c1-5-7-10(3)15(4)9-11(12(13)16)14-8-6-2/h10-11,14H,5-9H2,1-4H3,(H2,13,16). The van der Waals surface area contributed by atoms with Gasteiger partial charge >= 0.3 is 0 Å². The highest BCUT2D eigenvalue weighted by molar-refractivity contribution is 5.80. The second-order valence-corrected chi connectivity index (χ2v) is 4.49. The molecule has 0 heterocycles. The molecule has 1 amide bonds. The first kappa shape index (κ1) is 15.4. The maximum Gasteiger partial charge on any atom is 0.235 e. The molecule has 16 heavy (non-hydrogen) atoms. The highest BCUT2D eigenvalue weighted by Gasteiger charge is 2.18. The number of nitrogens with zero attached hydrogens (tertiary/aromatic N) is 1. The fourth-order valence-electron chi connectivity index (χ4n) is 1.68. The molecule has 0 aliphatic carbocycles. The number of hydrogen-bond donors (Lipinski definition) is 2. The van der Waals surface area contributed by atoms with Crippen LogP contribution in [0.25, 0.3) is 0 Å². The van der Waals surface area contributed by atoms with Gasteiger partial charge in [0.25, 0.3) is 0 Å². The maximum atomic E-state index is 11.3. The number of carbonyl (C=O) groups is 1. The second kappa shape index (κ2) is 8.53. The van der Waals surface area contributed by atoms with E-state index in [4.69, 9.17) is 5.73 Å². The number of primary amides is 1. The Morgan fingerprint density at radius 3 is 2.44 bits per heavy atom. The van der Waals surface area contributed by atoms with Crippen LogP contribution in [0.3, 0.4) is 0 Å². The number of rotatable bonds is 9. The molecular weight excluding hydrogens is 202 g/mol. The van der Waals surface area contributed by atoms with E-state index in [0.29, 0.717) is 12.6 Å². The first-order chi connectivity index (χ1) is 7.52. The molecule has 2 unspecified atom stereocenters. The van der Waals surface area contributed by atoms with Gasteiger partial charge in [0.1, 0.15) is 0 Å². The van der Waals surface area contributed by atoms with E-state index >= 15 is 0 Å². The molecule has 0 saturated carbocycles. The van der Waals surface area contributed by atoms with Crippen molar-refractivity contribution in [3.8, 4) is 0 Å². The summed E-state index contributed by atoms with van der Waals surface area (Å²) in [7, 11) is 2.05. The van der Waals surface area contributed by atoms with Gasteiger partial charge < -0.3 is 16.0 Å². The van der Waals surface area contributed by atoms with E-state index in [1.54, 1.807) is 0 Å². The zero-order chi connectivity index (χ0) is 12.6. The van der Waals surface area contributed by atoms with Crippen molar-refractivity contribution in [2.45, 2.75) is 52.1 Å². The number of amides is 1. The summed E-state index contributed by atoms with van der Waals surface area (Å²) in [5, 5.41) is 3.18. The van der Waals surface area contributed by atoms with Gasteiger partial charge in [-0.3, -0.25) is 4.79 Å². The van der Waals surface area contributed by atoms with Crippen molar-refractivity contribution in [1.29, 1.82) is 0 Å². The van der Waals surface area contributed by atoms with Gasteiger partial charge in [-0.25, -0.2) is 0 Å². The molecular formula is C12H27N3O. The van der Waals surface area contributed by atoms with Gasteiger partial charge in [0.05, 0.1) is 6.04 Å². The van der Waals surface area contributed by atoms with Gasteiger partial charge in [-0.15, -0.1) is 0 Å². The molecule has 4 heteroatoms. The summed E-state index contributed by atoms with van der Waals surface area (Å²) in [5.41, 5.74) is 5.37.